The first-order valence-corrected chi connectivity index (χ1v) is 10.3. The maximum absolute atomic E-state index is 13.4. The van der Waals surface area contributed by atoms with E-state index in [1.165, 1.54) is 0 Å². The Morgan fingerprint density at radius 1 is 1.28 bits per heavy atom. The molecule has 2 fully saturated rings. The molecule has 0 saturated heterocycles. The molecule has 4 rings (SSSR count). The first kappa shape index (κ1) is 19.8. The van der Waals surface area contributed by atoms with Crippen LogP contribution < -0.4 is 5.32 Å². The molecule has 154 valence electrons. The van der Waals surface area contributed by atoms with Crippen LogP contribution in [0.2, 0.25) is 0 Å². The Kier molecular flexibility index (Phi) is 4.65. The third-order valence-electron chi connectivity index (χ3n) is 6.68. The Morgan fingerprint density at radius 3 is 2.59 bits per heavy atom. The number of aliphatic carboxylic acids is 1. The minimum atomic E-state index is -1.36. The van der Waals surface area contributed by atoms with Gasteiger partial charge in [-0.15, -0.1) is 0 Å². The van der Waals surface area contributed by atoms with Crippen molar-refractivity contribution in [3.8, 4) is 0 Å². The number of carbonyl (C=O) groups excluding carboxylic acids is 1. The van der Waals surface area contributed by atoms with E-state index in [1.54, 1.807) is 0 Å². The third kappa shape index (κ3) is 3.10. The summed E-state index contributed by atoms with van der Waals surface area (Å²) in [5, 5.41) is 13.7. The molecular formula is C23H28N2O4. The Hall–Kier alpha value is -2.47. The van der Waals surface area contributed by atoms with Crippen molar-refractivity contribution < 1.29 is 19.4 Å². The summed E-state index contributed by atoms with van der Waals surface area (Å²) in [6.45, 7) is 8.05. The average molecular weight is 396 g/mol. The lowest BCUT2D eigenvalue weighted by Gasteiger charge is -2.58. The van der Waals surface area contributed by atoms with Crippen LogP contribution in [0, 0.1) is 12.3 Å². The van der Waals surface area contributed by atoms with Crippen LogP contribution in [0.1, 0.15) is 67.6 Å². The number of carboxylic acid groups (broad SMARTS) is 1. The predicted octanol–water partition coefficient (Wildman–Crippen LogP) is 3.81. The summed E-state index contributed by atoms with van der Waals surface area (Å²) in [4.78, 5) is 30.4. The molecule has 0 spiro atoms. The topological polar surface area (TPSA) is 88.5 Å². The van der Waals surface area contributed by atoms with Gasteiger partial charge in [-0.3, -0.25) is 9.78 Å². The molecule has 2 atom stereocenters. The summed E-state index contributed by atoms with van der Waals surface area (Å²) >= 11 is 0. The number of aryl methyl sites for hydroxylation is 1. The lowest BCUT2D eigenvalue weighted by Crippen LogP contribution is -2.76. The highest BCUT2D eigenvalue weighted by Gasteiger charge is 2.66. The number of pyridine rings is 1. The fourth-order valence-corrected chi connectivity index (χ4v) is 4.43. The zero-order valence-corrected chi connectivity index (χ0v) is 17.4. The summed E-state index contributed by atoms with van der Waals surface area (Å²) in [6.07, 6.45) is 2.20. The summed E-state index contributed by atoms with van der Waals surface area (Å²) < 4.78 is 5.71. The molecule has 1 heterocycles. The van der Waals surface area contributed by atoms with Gasteiger partial charge in [0.2, 0.25) is 0 Å². The van der Waals surface area contributed by atoms with Crippen LogP contribution in [0.5, 0.6) is 0 Å². The number of hydrogen-bond donors (Lipinski definition) is 2. The van der Waals surface area contributed by atoms with E-state index in [0.717, 1.165) is 35.0 Å². The number of fused-ring (bicyclic) bond motifs is 1. The molecule has 0 radical (unpaired) electrons. The Balaban J connectivity index is 1.73. The number of nitrogens with zero attached hydrogens (tertiary/aromatic N) is 1. The normalized spacial score (nSPS) is 25.4. The highest BCUT2D eigenvalue weighted by atomic mass is 16.5. The highest BCUT2D eigenvalue weighted by molar-refractivity contribution is 6.08. The second-order valence-corrected chi connectivity index (χ2v) is 8.92. The zero-order valence-electron chi connectivity index (χ0n) is 17.4. The number of nitrogens with one attached hydrogen (secondary N) is 1. The Morgan fingerprint density at radius 2 is 2.00 bits per heavy atom. The van der Waals surface area contributed by atoms with E-state index < -0.39 is 16.9 Å². The van der Waals surface area contributed by atoms with Crippen molar-refractivity contribution in [1.82, 2.24) is 10.3 Å². The van der Waals surface area contributed by atoms with Crippen LogP contribution in [0.15, 0.2) is 24.3 Å². The molecule has 6 heteroatoms. The first-order chi connectivity index (χ1) is 13.7. The molecule has 1 aromatic heterocycles. The molecule has 1 amide bonds. The predicted molar refractivity (Wildman–Crippen MR) is 110 cm³/mol. The van der Waals surface area contributed by atoms with Crippen LogP contribution in [0.4, 0.5) is 0 Å². The average Bonchev–Trinajstić information content (AvgIpc) is 3.51. The zero-order chi connectivity index (χ0) is 21.0. The molecule has 29 heavy (non-hydrogen) atoms. The van der Waals surface area contributed by atoms with E-state index in [0.29, 0.717) is 18.1 Å². The number of carboxylic acids is 1. The molecule has 2 N–H and O–H groups in total. The van der Waals surface area contributed by atoms with E-state index in [9.17, 15) is 14.7 Å². The van der Waals surface area contributed by atoms with Crippen LogP contribution in [0.25, 0.3) is 10.9 Å². The van der Waals surface area contributed by atoms with Gasteiger partial charge in [0.15, 0.2) is 0 Å². The molecule has 0 aliphatic heterocycles. The van der Waals surface area contributed by atoms with Gasteiger partial charge >= 0.3 is 5.97 Å². The molecule has 2 saturated carbocycles. The van der Waals surface area contributed by atoms with Crippen molar-refractivity contribution in [2.75, 3.05) is 6.61 Å². The largest absolute Gasteiger partial charge is 0.479 e. The number of carbonyl (C=O) groups is 2. The molecule has 6 nitrogen and oxygen atoms in total. The van der Waals surface area contributed by atoms with Crippen LogP contribution in [-0.2, 0) is 9.53 Å². The van der Waals surface area contributed by atoms with E-state index in [2.05, 4.69) is 5.32 Å². The van der Waals surface area contributed by atoms with Crippen LogP contribution >= 0.6 is 0 Å². The lowest BCUT2D eigenvalue weighted by molar-refractivity contribution is -0.190. The molecule has 1 aromatic carbocycles. The molecule has 2 aliphatic carbocycles. The smallest absolute Gasteiger partial charge is 0.330 e. The van der Waals surface area contributed by atoms with E-state index in [1.807, 2.05) is 52.0 Å². The van der Waals surface area contributed by atoms with Crippen molar-refractivity contribution in [1.29, 1.82) is 0 Å². The fourth-order valence-electron chi connectivity index (χ4n) is 4.43. The van der Waals surface area contributed by atoms with E-state index in [4.69, 9.17) is 9.72 Å². The van der Waals surface area contributed by atoms with Gasteiger partial charge in [-0.25, -0.2) is 4.79 Å². The van der Waals surface area contributed by atoms with Gasteiger partial charge in [0.05, 0.1) is 17.2 Å². The number of rotatable bonds is 6. The van der Waals surface area contributed by atoms with Crippen LogP contribution in [-0.4, -0.2) is 40.2 Å². The summed E-state index contributed by atoms with van der Waals surface area (Å²) in [7, 11) is 0. The molecule has 2 aliphatic rings. The molecular weight excluding hydrogens is 368 g/mol. The highest BCUT2D eigenvalue weighted by Crippen LogP contribution is 2.51. The van der Waals surface area contributed by atoms with Gasteiger partial charge in [0.25, 0.3) is 5.91 Å². The first-order valence-electron chi connectivity index (χ1n) is 10.3. The Labute approximate surface area is 170 Å². The summed E-state index contributed by atoms with van der Waals surface area (Å²) in [5.74, 6) is -0.998. The van der Waals surface area contributed by atoms with Gasteiger partial charge in [0, 0.05) is 35.4 Å². The molecule has 2 unspecified atom stereocenters. The lowest BCUT2D eigenvalue weighted by atomic mass is 9.54. The number of benzene rings is 1. The fraction of sp³-hybridized carbons (Fsp3) is 0.522. The number of amides is 1. The number of aromatic nitrogens is 1. The van der Waals surface area contributed by atoms with Gasteiger partial charge in [-0.05, 0) is 44.9 Å². The second-order valence-electron chi connectivity index (χ2n) is 8.92. The van der Waals surface area contributed by atoms with Crippen LogP contribution in [0.3, 0.4) is 0 Å². The minimum Gasteiger partial charge on any atom is -0.479 e. The van der Waals surface area contributed by atoms with Crippen molar-refractivity contribution in [3.63, 3.8) is 0 Å². The number of ether oxygens (including phenoxy) is 1. The van der Waals surface area contributed by atoms with Gasteiger partial charge in [-0.2, -0.15) is 0 Å². The minimum absolute atomic E-state index is 0.206. The van der Waals surface area contributed by atoms with Crippen molar-refractivity contribution in [2.45, 2.75) is 64.5 Å². The van der Waals surface area contributed by atoms with Gasteiger partial charge in [-0.1, -0.05) is 25.5 Å². The van der Waals surface area contributed by atoms with E-state index in [-0.39, 0.29) is 18.4 Å². The second kappa shape index (κ2) is 6.80. The van der Waals surface area contributed by atoms with Crippen molar-refractivity contribution in [2.24, 2.45) is 5.41 Å². The summed E-state index contributed by atoms with van der Waals surface area (Å²) in [5.41, 5.74) is 1.13. The van der Waals surface area contributed by atoms with E-state index >= 15 is 0 Å². The molecule has 0 bridgehead atoms. The summed E-state index contributed by atoms with van der Waals surface area (Å²) in [6, 6.07) is 7.69. The van der Waals surface area contributed by atoms with Crippen molar-refractivity contribution >= 4 is 22.8 Å². The van der Waals surface area contributed by atoms with Gasteiger partial charge in [0.1, 0.15) is 5.54 Å². The Bertz CT molecular complexity index is 996. The quantitative estimate of drug-likeness (QED) is 0.775. The number of hydrogen-bond acceptors (Lipinski definition) is 4. The standard InChI is InChI=1S/C23H28N2O4/c1-5-29-19-12-23(21(27)28,22(19,3)4)25-20(26)16-11-18(14-7-8-14)24-17-9-6-13(2)10-15(16)17/h6,9-11,14,19H,5,7-8,12H2,1-4H3,(H,25,26)(H,27,28). The maximum Gasteiger partial charge on any atom is 0.330 e. The maximum atomic E-state index is 13.4. The van der Waals surface area contributed by atoms with Crippen molar-refractivity contribution in [3.05, 3.63) is 41.1 Å². The SMILES string of the molecule is CCOC1CC(NC(=O)c2cc(C3CC3)nc3ccc(C)cc23)(C(=O)O)C1(C)C. The monoisotopic (exact) mass is 396 g/mol. The van der Waals surface area contributed by atoms with Gasteiger partial charge < -0.3 is 15.2 Å². The third-order valence-corrected chi connectivity index (χ3v) is 6.68. The molecule has 2 aromatic rings.